The predicted octanol–water partition coefficient (Wildman–Crippen LogP) is 2.12. The van der Waals surface area contributed by atoms with Crippen molar-refractivity contribution in [1.82, 2.24) is 4.90 Å². The lowest BCUT2D eigenvalue weighted by Crippen LogP contribution is -2.21. The van der Waals surface area contributed by atoms with Gasteiger partial charge < -0.3 is 0 Å². The van der Waals surface area contributed by atoms with E-state index in [4.69, 9.17) is 0 Å². The van der Waals surface area contributed by atoms with Crippen molar-refractivity contribution in [3.8, 4) is 0 Å². The van der Waals surface area contributed by atoms with E-state index in [0.717, 1.165) is 5.88 Å². The Labute approximate surface area is 84.1 Å². The maximum Gasteiger partial charge on any atom is 0.166 e. The van der Waals surface area contributed by atoms with Crippen LogP contribution in [0.25, 0.3) is 0 Å². The van der Waals surface area contributed by atoms with Crippen LogP contribution in [0, 0.1) is 6.92 Å². The van der Waals surface area contributed by atoms with Gasteiger partial charge in [0.25, 0.3) is 0 Å². The summed E-state index contributed by atoms with van der Waals surface area (Å²) < 4.78 is 0. The number of aryl methyl sites for hydroxylation is 1. The van der Waals surface area contributed by atoms with Gasteiger partial charge in [0.1, 0.15) is 6.26 Å². The van der Waals surface area contributed by atoms with Crippen molar-refractivity contribution in [2.75, 3.05) is 26.2 Å². The molecule has 0 amide bonds. The molecular formula is C11H18NS+. The molecule has 0 heterocycles. The summed E-state index contributed by atoms with van der Waals surface area (Å²) in [5.41, 5.74) is 1.34. The molecule has 1 rings (SSSR count). The molecule has 13 heavy (non-hydrogen) atoms. The molecule has 1 atom stereocenters. The van der Waals surface area contributed by atoms with Crippen LogP contribution in [0.5, 0.6) is 0 Å². The van der Waals surface area contributed by atoms with Gasteiger partial charge >= 0.3 is 0 Å². The molecule has 0 saturated heterocycles. The fraction of sp³-hybridized carbons (Fsp3) is 0.455. The van der Waals surface area contributed by atoms with Gasteiger partial charge in [-0.2, -0.15) is 0 Å². The van der Waals surface area contributed by atoms with Gasteiger partial charge in [-0.05, 0) is 33.2 Å². The van der Waals surface area contributed by atoms with Gasteiger partial charge in [-0.15, -0.1) is 0 Å². The summed E-state index contributed by atoms with van der Waals surface area (Å²) in [4.78, 5) is 3.70. The van der Waals surface area contributed by atoms with Gasteiger partial charge in [-0.1, -0.05) is 17.7 Å². The van der Waals surface area contributed by atoms with Crippen LogP contribution in [0.15, 0.2) is 29.2 Å². The van der Waals surface area contributed by atoms with Crippen molar-refractivity contribution in [3.63, 3.8) is 0 Å². The Morgan fingerprint density at radius 2 is 1.69 bits per heavy atom. The first-order valence-corrected chi connectivity index (χ1v) is 6.24. The molecular weight excluding hydrogens is 178 g/mol. The second-order valence-electron chi connectivity index (χ2n) is 3.66. The zero-order chi connectivity index (χ0) is 9.84. The average molecular weight is 196 g/mol. The molecule has 0 spiro atoms. The van der Waals surface area contributed by atoms with E-state index in [-0.39, 0.29) is 0 Å². The minimum absolute atomic E-state index is 0.354. The first-order valence-electron chi connectivity index (χ1n) is 4.43. The Hall–Kier alpha value is -0.470. The summed E-state index contributed by atoms with van der Waals surface area (Å²) in [6, 6.07) is 8.85. The molecule has 1 aromatic rings. The van der Waals surface area contributed by atoms with Gasteiger partial charge in [0.2, 0.25) is 0 Å². The molecule has 0 aliphatic heterocycles. The number of benzene rings is 1. The van der Waals surface area contributed by atoms with E-state index < -0.39 is 0 Å². The Morgan fingerprint density at radius 1 is 1.15 bits per heavy atom. The first kappa shape index (κ1) is 10.6. The van der Waals surface area contributed by atoms with E-state index >= 15 is 0 Å². The fourth-order valence-corrected chi connectivity index (χ4v) is 2.76. The van der Waals surface area contributed by atoms with E-state index in [1.807, 2.05) is 0 Å². The van der Waals surface area contributed by atoms with E-state index in [2.05, 4.69) is 56.4 Å². The summed E-state index contributed by atoms with van der Waals surface area (Å²) >= 11 is 0. The third kappa shape index (κ3) is 3.41. The van der Waals surface area contributed by atoms with Crippen LogP contribution in [-0.4, -0.2) is 31.1 Å². The van der Waals surface area contributed by atoms with Crippen molar-refractivity contribution >= 4 is 10.9 Å². The predicted molar refractivity (Wildman–Crippen MR) is 61.3 cm³/mol. The Bertz CT molecular complexity index is 253. The highest BCUT2D eigenvalue weighted by Gasteiger charge is 2.15. The SMILES string of the molecule is Cc1ccc([S+](C)CN(C)C)cc1. The van der Waals surface area contributed by atoms with Crippen LogP contribution in [0.3, 0.4) is 0 Å². The van der Waals surface area contributed by atoms with E-state index in [0.29, 0.717) is 10.9 Å². The van der Waals surface area contributed by atoms with Gasteiger partial charge in [0.15, 0.2) is 10.8 Å². The second-order valence-corrected chi connectivity index (χ2v) is 5.66. The minimum Gasteiger partial charge on any atom is -0.267 e. The van der Waals surface area contributed by atoms with E-state index in [9.17, 15) is 0 Å². The standard InChI is InChI=1S/C11H18NS/c1-10-5-7-11(8-6-10)13(4)9-12(2)3/h5-8H,9H2,1-4H3/q+1. The molecule has 0 fully saturated rings. The summed E-state index contributed by atoms with van der Waals surface area (Å²) in [5, 5.41) is 0. The number of hydrogen-bond donors (Lipinski definition) is 0. The molecule has 0 saturated carbocycles. The highest BCUT2D eigenvalue weighted by atomic mass is 32.2. The number of hydrogen-bond acceptors (Lipinski definition) is 1. The second kappa shape index (κ2) is 4.68. The number of nitrogens with zero attached hydrogens (tertiary/aromatic N) is 1. The fourth-order valence-electron chi connectivity index (χ4n) is 1.23. The first-order chi connectivity index (χ1) is 6.09. The van der Waals surface area contributed by atoms with Crippen LogP contribution >= 0.6 is 0 Å². The summed E-state index contributed by atoms with van der Waals surface area (Å²) in [6.07, 6.45) is 2.30. The largest absolute Gasteiger partial charge is 0.267 e. The van der Waals surface area contributed by atoms with Crippen molar-refractivity contribution in [2.45, 2.75) is 11.8 Å². The molecule has 0 N–H and O–H groups in total. The zero-order valence-electron chi connectivity index (χ0n) is 8.87. The van der Waals surface area contributed by atoms with Gasteiger partial charge in [-0.25, -0.2) is 0 Å². The molecule has 0 aliphatic rings. The van der Waals surface area contributed by atoms with Crippen molar-refractivity contribution in [2.24, 2.45) is 0 Å². The molecule has 1 nitrogen and oxygen atoms in total. The molecule has 0 aliphatic carbocycles. The van der Waals surface area contributed by atoms with Crippen LogP contribution in [0.1, 0.15) is 5.56 Å². The maximum absolute atomic E-state index is 2.30. The lowest BCUT2D eigenvalue weighted by molar-refractivity contribution is 0.483. The minimum atomic E-state index is 0.354. The zero-order valence-corrected chi connectivity index (χ0v) is 9.69. The third-order valence-corrected chi connectivity index (χ3v) is 3.86. The molecule has 0 bridgehead atoms. The van der Waals surface area contributed by atoms with Crippen molar-refractivity contribution < 1.29 is 0 Å². The maximum atomic E-state index is 2.30. The van der Waals surface area contributed by atoms with Crippen LogP contribution in [0.2, 0.25) is 0 Å². The average Bonchev–Trinajstić information content (AvgIpc) is 2.04. The highest BCUT2D eigenvalue weighted by Crippen LogP contribution is 2.12. The molecule has 72 valence electrons. The molecule has 1 unspecified atom stereocenters. The van der Waals surface area contributed by atoms with E-state index in [1.165, 1.54) is 10.5 Å². The Balaban J connectivity index is 2.66. The van der Waals surface area contributed by atoms with Gasteiger partial charge in [0, 0.05) is 10.9 Å². The third-order valence-electron chi connectivity index (χ3n) is 1.88. The van der Waals surface area contributed by atoms with Crippen LogP contribution in [0.4, 0.5) is 0 Å². The summed E-state index contributed by atoms with van der Waals surface area (Å²) in [6.45, 7) is 2.13. The Kier molecular flexibility index (Phi) is 3.82. The van der Waals surface area contributed by atoms with Crippen molar-refractivity contribution in [1.29, 1.82) is 0 Å². The molecule has 0 aromatic heterocycles. The summed E-state index contributed by atoms with van der Waals surface area (Å²) in [5.74, 6) is 1.14. The number of rotatable bonds is 3. The Morgan fingerprint density at radius 3 is 2.15 bits per heavy atom. The lowest BCUT2D eigenvalue weighted by Gasteiger charge is -2.08. The molecule has 0 radical (unpaired) electrons. The van der Waals surface area contributed by atoms with E-state index in [1.54, 1.807) is 0 Å². The normalized spacial score (nSPS) is 13.3. The molecule has 1 aromatic carbocycles. The van der Waals surface area contributed by atoms with Gasteiger partial charge in [-0.3, -0.25) is 4.90 Å². The monoisotopic (exact) mass is 196 g/mol. The molecule has 2 heteroatoms. The quantitative estimate of drug-likeness (QED) is 0.669. The smallest absolute Gasteiger partial charge is 0.166 e. The highest BCUT2D eigenvalue weighted by molar-refractivity contribution is 7.96. The van der Waals surface area contributed by atoms with Gasteiger partial charge in [0.05, 0.1) is 0 Å². The lowest BCUT2D eigenvalue weighted by atomic mass is 10.2. The van der Waals surface area contributed by atoms with Crippen LogP contribution < -0.4 is 0 Å². The summed E-state index contributed by atoms with van der Waals surface area (Å²) in [7, 11) is 4.60. The van der Waals surface area contributed by atoms with Crippen LogP contribution in [-0.2, 0) is 10.9 Å². The van der Waals surface area contributed by atoms with Crippen molar-refractivity contribution in [3.05, 3.63) is 29.8 Å². The topological polar surface area (TPSA) is 3.24 Å².